The molecule has 0 spiro atoms. The highest BCUT2D eigenvalue weighted by molar-refractivity contribution is 5.34. The van der Waals surface area contributed by atoms with Crippen LogP contribution in [-0.2, 0) is 5.41 Å². The largest absolute Gasteiger partial charge is 0.330 e. The molecule has 0 heterocycles. The molecule has 1 nitrogen and oxygen atoms in total. The van der Waals surface area contributed by atoms with E-state index in [4.69, 9.17) is 5.73 Å². The molecule has 1 fully saturated rings. The first-order chi connectivity index (χ1) is 6.70. The molecule has 0 amide bonds. The molecular weight excluding hydrogens is 170 g/mol. The van der Waals surface area contributed by atoms with Gasteiger partial charge in [0.05, 0.1) is 0 Å². The Bertz CT molecular complexity index is 304. The third-order valence-corrected chi connectivity index (χ3v) is 3.65. The van der Waals surface area contributed by atoms with Gasteiger partial charge in [-0.3, -0.25) is 0 Å². The van der Waals surface area contributed by atoms with Crippen LogP contribution in [0.25, 0.3) is 0 Å². The van der Waals surface area contributed by atoms with E-state index in [1.54, 1.807) is 0 Å². The van der Waals surface area contributed by atoms with Crippen LogP contribution in [0, 0.1) is 11.8 Å². The molecule has 2 unspecified atom stereocenters. The second kappa shape index (κ2) is 3.39. The number of nitrogens with two attached hydrogens (primary N) is 1. The van der Waals surface area contributed by atoms with E-state index in [1.807, 2.05) is 0 Å². The maximum absolute atomic E-state index is 5.93. The van der Waals surface area contributed by atoms with Gasteiger partial charge in [-0.15, -0.1) is 0 Å². The van der Waals surface area contributed by atoms with E-state index in [0.29, 0.717) is 5.41 Å². The van der Waals surface area contributed by atoms with Crippen LogP contribution in [0.15, 0.2) is 30.3 Å². The Balaban J connectivity index is 2.25. The minimum absolute atomic E-state index is 0.301. The Morgan fingerprint density at radius 3 is 2.43 bits per heavy atom. The molecule has 1 saturated carbocycles. The van der Waals surface area contributed by atoms with E-state index in [1.165, 1.54) is 12.0 Å². The Morgan fingerprint density at radius 1 is 1.36 bits per heavy atom. The van der Waals surface area contributed by atoms with Gasteiger partial charge >= 0.3 is 0 Å². The highest BCUT2D eigenvalue weighted by Gasteiger charge is 2.54. The van der Waals surface area contributed by atoms with E-state index >= 15 is 0 Å². The molecule has 2 rings (SSSR count). The lowest BCUT2D eigenvalue weighted by Crippen LogP contribution is -2.23. The minimum atomic E-state index is 0.301. The zero-order chi connectivity index (χ0) is 10.2. The van der Waals surface area contributed by atoms with Crippen molar-refractivity contribution in [3.05, 3.63) is 35.9 Å². The molecule has 1 aliphatic carbocycles. The maximum Gasteiger partial charge on any atom is 0.0110 e. The monoisotopic (exact) mass is 189 g/mol. The second-order valence-corrected chi connectivity index (χ2v) is 4.78. The van der Waals surface area contributed by atoms with Crippen LogP contribution >= 0.6 is 0 Å². The van der Waals surface area contributed by atoms with Crippen molar-refractivity contribution in [2.24, 2.45) is 17.6 Å². The van der Waals surface area contributed by atoms with E-state index in [2.05, 4.69) is 44.2 Å². The SMILES string of the molecule is CC(C)C1CC1(CN)c1ccccc1. The molecule has 0 bridgehead atoms. The van der Waals surface area contributed by atoms with E-state index < -0.39 is 0 Å². The van der Waals surface area contributed by atoms with Gasteiger partial charge in [0.15, 0.2) is 0 Å². The van der Waals surface area contributed by atoms with Crippen LogP contribution in [0.5, 0.6) is 0 Å². The van der Waals surface area contributed by atoms with Crippen molar-refractivity contribution in [3.8, 4) is 0 Å². The summed E-state index contributed by atoms with van der Waals surface area (Å²) in [5.41, 5.74) is 7.66. The topological polar surface area (TPSA) is 26.0 Å². The van der Waals surface area contributed by atoms with E-state index in [-0.39, 0.29) is 0 Å². The number of hydrogen-bond donors (Lipinski definition) is 1. The molecular formula is C13H19N. The van der Waals surface area contributed by atoms with Crippen molar-refractivity contribution in [2.45, 2.75) is 25.7 Å². The lowest BCUT2D eigenvalue weighted by atomic mass is 9.90. The summed E-state index contributed by atoms with van der Waals surface area (Å²) in [6.45, 7) is 5.38. The summed E-state index contributed by atoms with van der Waals surface area (Å²) in [5.74, 6) is 1.54. The van der Waals surface area contributed by atoms with Gasteiger partial charge in [0, 0.05) is 12.0 Å². The van der Waals surface area contributed by atoms with Crippen molar-refractivity contribution in [1.82, 2.24) is 0 Å². The number of hydrogen-bond acceptors (Lipinski definition) is 1. The number of benzene rings is 1. The molecule has 76 valence electrons. The standard InChI is InChI=1S/C13H19N/c1-10(2)12-8-13(12,9-14)11-6-4-3-5-7-11/h3-7,10,12H,8-9,14H2,1-2H3. The van der Waals surface area contributed by atoms with Crippen molar-refractivity contribution in [2.75, 3.05) is 6.54 Å². The Kier molecular flexibility index (Phi) is 2.36. The van der Waals surface area contributed by atoms with E-state index in [9.17, 15) is 0 Å². The summed E-state index contributed by atoms with van der Waals surface area (Å²) >= 11 is 0. The van der Waals surface area contributed by atoms with Crippen molar-refractivity contribution >= 4 is 0 Å². The second-order valence-electron chi connectivity index (χ2n) is 4.78. The first-order valence-corrected chi connectivity index (χ1v) is 5.46. The van der Waals surface area contributed by atoms with Crippen molar-refractivity contribution in [3.63, 3.8) is 0 Å². The van der Waals surface area contributed by atoms with E-state index in [0.717, 1.165) is 18.4 Å². The first kappa shape index (κ1) is 9.72. The fraction of sp³-hybridized carbons (Fsp3) is 0.538. The van der Waals surface area contributed by atoms with Gasteiger partial charge in [-0.2, -0.15) is 0 Å². The third-order valence-electron chi connectivity index (χ3n) is 3.65. The summed E-state index contributed by atoms with van der Waals surface area (Å²) in [4.78, 5) is 0. The average Bonchev–Trinajstić information content (AvgIpc) is 2.95. The molecule has 1 heteroatoms. The first-order valence-electron chi connectivity index (χ1n) is 5.46. The fourth-order valence-corrected chi connectivity index (χ4v) is 2.66. The Hall–Kier alpha value is -0.820. The fourth-order valence-electron chi connectivity index (χ4n) is 2.66. The Morgan fingerprint density at radius 2 is 2.00 bits per heavy atom. The van der Waals surface area contributed by atoms with Gasteiger partial charge in [0.2, 0.25) is 0 Å². The van der Waals surface area contributed by atoms with Crippen LogP contribution in [0.1, 0.15) is 25.8 Å². The predicted octanol–water partition coefficient (Wildman–Crippen LogP) is 2.56. The third kappa shape index (κ3) is 1.36. The van der Waals surface area contributed by atoms with Gasteiger partial charge in [0.1, 0.15) is 0 Å². The van der Waals surface area contributed by atoms with Gasteiger partial charge in [0.25, 0.3) is 0 Å². The molecule has 2 N–H and O–H groups in total. The average molecular weight is 189 g/mol. The van der Waals surface area contributed by atoms with Crippen LogP contribution in [0.2, 0.25) is 0 Å². The summed E-state index contributed by atoms with van der Waals surface area (Å²) in [7, 11) is 0. The molecule has 0 radical (unpaired) electrons. The summed E-state index contributed by atoms with van der Waals surface area (Å²) in [6, 6.07) is 10.7. The van der Waals surface area contributed by atoms with Crippen LogP contribution < -0.4 is 5.73 Å². The molecule has 0 saturated heterocycles. The zero-order valence-corrected chi connectivity index (χ0v) is 9.03. The molecule has 1 aromatic carbocycles. The molecule has 1 aliphatic rings. The Labute approximate surface area is 86.3 Å². The predicted molar refractivity (Wildman–Crippen MR) is 60.1 cm³/mol. The lowest BCUT2D eigenvalue weighted by molar-refractivity contribution is 0.484. The minimum Gasteiger partial charge on any atom is -0.330 e. The van der Waals surface area contributed by atoms with Crippen LogP contribution in [0.4, 0.5) is 0 Å². The summed E-state index contributed by atoms with van der Waals surface area (Å²) < 4.78 is 0. The van der Waals surface area contributed by atoms with Crippen molar-refractivity contribution in [1.29, 1.82) is 0 Å². The van der Waals surface area contributed by atoms with Gasteiger partial charge in [-0.25, -0.2) is 0 Å². The van der Waals surface area contributed by atoms with Crippen molar-refractivity contribution < 1.29 is 0 Å². The molecule has 2 atom stereocenters. The smallest absolute Gasteiger partial charge is 0.0110 e. The van der Waals surface area contributed by atoms with Gasteiger partial charge < -0.3 is 5.73 Å². The molecule has 14 heavy (non-hydrogen) atoms. The van der Waals surface area contributed by atoms with Gasteiger partial charge in [-0.05, 0) is 23.8 Å². The lowest BCUT2D eigenvalue weighted by Gasteiger charge is -2.17. The molecule has 0 aromatic heterocycles. The highest BCUT2D eigenvalue weighted by Crippen LogP contribution is 2.56. The quantitative estimate of drug-likeness (QED) is 0.777. The summed E-state index contributed by atoms with van der Waals surface area (Å²) in [5, 5.41) is 0. The highest BCUT2D eigenvalue weighted by atomic mass is 14.7. The van der Waals surface area contributed by atoms with Crippen LogP contribution in [0.3, 0.4) is 0 Å². The zero-order valence-electron chi connectivity index (χ0n) is 9.03. The van der Waals surface area contributed by atoms with Gasteiger partial charge in [-0.1, -0.05) is 44.2 Å². The number of rotatable bonds is 3. The normalized spacial score (nSPS) is 30.7. The summed E-state index contributed by atoms with van der Waals surface area (Å²) in [6.07, 6.45) is 1.27. The molecule has 1 aromatic rings. The van der Waals surface area contributed by atoms with Crippen LogP contribution in [-0.4, -0.2) is 6.54 Å². The molecule has 0 aliphatic heterocycles. The maximum atomic E-state index is 5.93.